The Morgan fingerprint density at radius 1 is 1.50 bits per heavy atom. The van der Waals surface area contributed by atoms with Gasteiger partial charge in [-0.25, -0.2) is 0 Å². The Morgan fingerprint density at radius 3 is 2.89 bits per heavy atom. The van der Waals surface area contributed by atoms with Gasteiger partial charge in [-0.2, -0.15) is 0 Å². The predicted octanol–water partition coefficient (Wildman–Crippen LogP) is -0.00580. The molecule has 0 spiro atoms. The van der Waals surface area contributed by atoms with Gasteiger partial charge in [0.15, 0.2) is 0 Å². The number of β-amino-alcohol motifs (C(OH)–C–C–N with tert-alkyl or cyclic N) is 1. The number of rotatable bonds is 3. The molecule has 0 amide bonds. The molecule has 1 heterocycles. The summed E-state index contributed by atoms with van der Waals surface area (Å²) in [4.78, 5) is 12.7. The maximum absolute atomic E-state index is 11.1. The third kappa shape index (κ3) is 2.39. The van der Waals surface area contributed by atoms with E-state index in [4.69, 9.17) is 10.8 Å². The molecule has 6 heteroatoms. The molecule has 5 N–H and O–H groups in total. The Morgan fingerprint density at radius 2 is 2.22 bits per heavy atom. The molecule has 0 saturated carbocycles. The monoisotopic (exact) mass is 252 g/mol. The minimum absolute atomic E-state index is 0.0250. The van der Waals surface area contributed by atoms with Gasteiger partial charge in [0.05, 0.1) is 11.8 Å². The van der Waals surface area contributed by atoms with Crippen LogP contribution in [0.5, 0.6) is 5.75 Å². The van der Waals surface area contributed by atoms with E-state index in [1.54, 1.807) is 23.1 Å². The van der Waals surface area contributed by atoms with E-state index in [9.17, 15) is 15.0 Å². The van der Waals surface area contributed by atoms with Gasteiger partial charge in [0.1, 0.15) is 11.8 Å². The standard InChI is InChI=1S/C12H16N2O4/c13-9-3-1-2-7(11(9)16)5-14-6-8(15)4-10(14)12(17)18/h1-3,8,10,15-16H,4-6,13H2,(H,17,18)/t8-,10-/m0/s1. The highest BCUT2D eigenvalue weighted by Crippen LogP contribution is 2.28. The summed E-state index contributed by atoms with van der Waals surface area (Å²) in [5.41, 5.74) is 6.41. The molecule has 1 fully saturated rings. The van der Waals surface area contributed by atoms with Crippen LogP contribution in [0.1, 0.15) is 12.0 Å². The van der Waals surface area contributed by atoms with Crippen LogP contribution in [-0.4, -0.2) is 44.9 Å². The zero-order valence-corrected chi connectivity index (χ0v) is 9.78. The van der Waals surface area contributed by atoms with Crippen molar-refractivity contribution >= 4 is 11.7 Å². The summed E-state index contributed by atoms with van der Waals surface area (Å²) in [6.45, 7) is 0.538. The van der Waals surface area contributed by atoms with Gasteiger partial charge in [-0.1, -0.05) is 12.1 Å². The number of nitrogens with two attached hydrogens (primary N) is 1. The number of anilines is 1. The van der Waals surface area contributed by atoms with E-state index in [-0.39, 0.29) is 30.9 Å². The van der Waals surface area contributed by atoms with E-state index in [0.717, 1.165) is 0 Å². The van der Waals surface area contributed by atoms with Crippen molar-refractivity contribution in [2.24, 2.45) is 0 Å². The molecule has 1 aliphatic rings. The first-order chi connectivity index (χ1) is 8.49. The van der Waals surface area contributed by atoms with E-state index in [1.165, 1.54) is 0 Å². The third-order valence-electron chi connectivity index (χ3n) is 3.19. The van der Waals surface area contributed by atoms with E-state index in [0.29, 0.717) is 5.56 Å². The highest BCUT2D eigenvalue weighted by atomic mass is 16.4. The molecule has 0 aromatic heterocycles. The van der Waals surface area contributed by atoms with Crippen molar-refractivity contribution in [3.63, 3.8) is 0 Å². The maximum atomic E-state index is 11.1. The van der Waals surface area contributed by atoms with Gasteiger partial charge < -0.3 is 21.1 Å². The number of phenols is 1. The van der Waals surface area contributed by atoms with Crippen molar-refractivity contribution in [3.8, 4) is 5.75 Å². The number of aliphatic carboxylic acids is 1. The first-order valence-electron chi connectivity index (χ1n) is 5.70. The number of para-hydroxylation sites is 1. The molecular weight excluding hydrogens is 236 g/mol. The molecule has 0 unspecified atom stereocenters. The number of carboxylic acids is 1. The van der Waals surface area contributed by atoms with Crippen molar-refractivity contribution in [2.45, 2.75) is 25.1 Å². The number of carbonyl (C=O) groups is 1. The topological polar surface area (TPSA) is 107 Å². The number of hydrogen-bond acceptors (Lipinski definition) is 5. The minimum Gasteiger partial charge on any atom is -0.505 e. The molecule has 0 bridgehead atoms. The van der Waals surface area contributed by atoms with Crippen LogP contribution in [0.15, 0.2) is 18.2 Å². The number of nitrogens with zero attached hydrogens (tertiary/aromatic N) is 1. The molecule has 1 aromatic rings. The third-order valence-corrected chi connectivity index (χ3v) is 3.19. The highest BCUT2D eigenvalue weighted by molar-refractivity contribution is 5.74. The number of phenolic OH excluding ortho intramolecular Hbond substituents is 1. The molecule has 2 atom stereocenters. The fraction of sp³-hybridized carbons (Fsp3) is 0.417. The number of nitrogen functional groups attached to an aromatic ring is 1. The number of likely N-dealkylation sites (tertiary alicyclic amines) is 1. The van der Waals surface area contributed by atoms with Gasteiger partial charge in [0, 0.05) is 25.1 Å². The second kappa shape index (κ2) is 4.83. The Balaban J connectivity index is 2.17. The smallest absolute Gasteiger partial charge is 0.321 e. The van der Waals surface area contributed by atoms with Crippen molar-refractivity contribution < 1.29 is 20.1 Å². The summed E-state index contributed by atoms with van der Waals surface area (Å²) in [7, 11) is 0. The minimum atomic E-state index is -0.963. The summed E-state index contributed by atoms with van der Waals surface area (Å²) < 4.78 is 0. The average Bonchev–Trinajstić information content (AvgIpc) is 2.66. The molecule has 2 rings (SSSR count). The zero-order chi connectivity index (χ0) is 13.3. The average molecular weight is 252 g/mol. The van der Waals surface area contributed by atoms with Crippen LogP contribution < -0.4 is 5.73 Å². The molecule has 1 saturated heterocycles. The summed E-state index contributed by atoms with van der Waals surface area (Å²) >= 11 is 0. The summed E-state index contributed by atoms with van der Waals surface area (Å²) in [5, 5.41) is 28.4. The van der Waals surface area contributed by atoms with Crippen molar-refractivity contribution in [2.75, 3.05) is 12.3 Å². The SMILES string of the molecule is Nc1cccc(CN2C[C@@H](O)C[C@H]2C(=O)O)c1O. The van der Waals surface area contributed by atoms with E-state index in [1.807, 2.05) is 0 Å². The van der Waals surface area contributed by atoms with E-state index >= 15 is 0 Å². The lowest BCUT2D eigenvalue weighted by atomic mass is 10.1. The quantitative estimate of drug-likeness (QED) is 0.445. The number of hydrogen-bond donors (Lipinski definition) is 4. The van der Waals surface area contributed by atoms with Crippen LogP contribution in [0, 0.1) is 0 Å². The van der Waals surface area contributed by atoms with Crippen LogP contribution in [0.2, 0.25) is 0 Å². The molecule has 0 aliphatic carbocycles. The van der Waals surface area contributed by atoms with E-state index < -0.39 is 18.1 Å². The summed E-state index contributed by atoms with van der Waals surface area (Å²) in [6, 6.07) is 4.25. The lowest BCUT2D eigenvalue weighted by molar-refractivity contribution is -0.142. The Bertz CT molecular complexity index is 463. The zero-order valence-electron chi connectivity index (χ0n) is 9.78. The Hall–Kier alpha value is -1.79. The highest BCUT2D eigenvalue weighted by Gasteiger charge is 2.36. The first-order valence-corrected chi connectivity index (χ1v) is 5.70. The number of benzene rings is 1. The molecule has 1 aliphatic heterocycles. The van der Waals surface area contributed by atoms with Crippen molar-refractivity contribution in [1.29, 1.82) is 0 Å². The van der Waals surface area contributed by atoms with Gasteiger partial charge >= 0.3 is 5.97 Å². The number of aliphatic hydroxyl groups is 1. The van der Waals surface area contributed by atoms with E-state index in [2.05, 4.69) is 0 Å². The Kier molecular flexibility index (Phi) is 3.40. The summed E-state index contributed by atoms with van der Waals surface area (Å²) in [6.07, 6.45) is -0.437. The largest absolute Gasteiger partial charge is 0.505 e. The first kappa shape index (κ1) is 12.7. The van der Waals surface area contributed by atoms with Gasteiger partial charge in [-0.05, 0) is 6.07 Å². The Labute approximate surface area is 104 Å². The van der Waals surface area contributed by atoms with Gasteiger partial charge in [0.25, 0.3) is 0 Å². The van der Waals surface area contributed by atoms with Crippen LogP contribution in [0.3, 0.4) is 0 Å². The fourth-order valence-corrected chi connectivity index (χ4v) is 2.27. The maximum Gasteiger partial charge on any atom is 0.321 e. The van der Waals surface area contributed by atoms with Crippen LogP contribution in [0.4, 0.5) is 5.69 Å². The van der Waals surface area contributed by atoms with Gasteiger partial charge in [-0.3, -0.25) is 9.69 Å². The lowest BCUT2D eigenvalue weighted by Gasteiger charge is -2.21. The molecule has 18 heavy (non-hydrogen) atoms. The fourth-order valence-electron chi connectivity index (χ4n) is 2.27. The van der Waals surface area contributed by atoms with Gasteiger partial charge in [-0.15, -0.1) is 0 Å². The summed E-state index contributed by atoms with van der Waals surface area (Å²) in [5.74, 6) is -0.988. The predicted molar refractivity (Wildman–Crippen MR) is 65.0 cm³/mol. The van der Waals surface area contributed by atoms with Crippen molar-refractivity contribution in [1.82, 2.24) is 4.90 Å². The normalized spacial score (nSPS) is 24.3. The second-order valence-corrected chi connectivity index (χ2v) is 4.53. The lowest BCUT2D eigenvalue weighted by Crippen LogP contribution is -2.35. The number of aromatic hydroxyl groups is 1. The number of aliphatic hydroxyl groups excluding tert-OH is 1. The van der Waals surface area contributed by atoms with Crippen molar-refractivity contribution in [3.05, 3.63) is 23.8 Å². The molecule has 0 radical (unpaired) electrons. The van der Waals surface area contributed by atoms with Gasteiger partial charge in [0.2, 0.25) is 0 Å². The number of carboxylic acid groups (broad SMARTS) is 1. The van der Waals surface area contributed by atoms with Crippen LogP contribution in [0.25, 0.3) is 0 Å². The van der Waals surface area contributed by atoms with Crippen LogP contribution in [-0.2, 0) is 11.3 Å². The second-order valence-electron chi connectivity index (χ2n) is 4.53. The molecule has 98 valence electrons. The molecule has 6 nitrogen and oxygen atoms in total. The molecular formula is C12H16N2O4. The molecule has 1 aromatic carbocycles. The van der Waals surface area contributed by atoms with Crippen LogP contribution >= 0.6 is 0 Å².